The molecule has 2 aliphatic carbocycles. The molecule has 120 valence electrons. The predicted molar refractivity (Wildman–Crippen MR) is 95.4 cm³/mol. The Morgan fingerprint density at radius 2 is 2.13 bits per heavy atom. The first-order chi connectivity index (χ1) is 10.9. The van der Waals surface area contributed by atoms with Gasteiger partial charge in [-0.2, -0.15) is 0 Å². The fraction of sp³-hybridized carbons (Fsp3) is 0.421. The molecule has 0 bridgehead atoms. The molecule has 1 heterocycles. The van der Waals surface area contributed by atoms with Crippen LogP contribution in [0.3, 0.4) is 0 Å². The van der Waals surface area contributed by atoms with Crippen molar-refractivity contribution >= 4 is 28.8 Å². The molecule has 4 rings (SSSR count). The van der Waals surface area contributed by atoms with E-state index in [4.69, 9.17) is 11.6 Å². The van der Waals surface area contributed by atoms with Gasteiger partial charge in [-0.25, -0.2) is 0 Å². The maximum atomic E-state index is 12.6. The highest BCUT2D eigenvalue weighted by molar-refractivity contribution is 7.14. The number of fused-ring (bicyclic) bond motifs is 3. The highest BCUT2D eigenvalue weighted by atomic mass is 35.5. The van der Waals surface area contributed by atoms with Crippen molar-refractivity contribution < 1.29 is 4.79 Å². The van der Waals surface area contributed by atoms with Crippen molar-refractivity contribution in [1.82, 2.24) is 5.32 Å². The van der Waals surface area contributed by atoms with E-state index in [1.807, 2.05) is 24.3 Å². The molecule has 2 aromatic rings. The fourth-order valence-corrected chi connectivity index (χ4v) is 5.56. The lowest BCUT2D eigenvalue weighted by Crippen LogP contribution is -2.23. The molecular formula is C19H20ClNOS. The first-order valence-corrected chi connectivity index (χ1v) is 9.24. The lowest BCUT2D eigenvalue weighted by atomic mass is 9.95. The summed E-state index contributed by atoms with van der Waals surface area (Å²) in [5, 5.41) is 3.73. The molecule has 1 aromatic carbocycles. The van der Waals surface area contributed by atoms with Crippen molar-refractivity contribution in [3.05, 3.63) is 55.7 Å². The van der Waals surface area contributed by atoms with Crippen LogP contribution in [0.25, 0.3) is 0 Å². The Morgan fingerprint density at radius 3 is 2.87 bits per heavy atom. The second kappa shape index (κ2) is 5.09. The number of halogens is 1. The summed E-state index contributed by atoms with van der Waals surface area (Å²) >= 11 is 7.81. The SMILES string of the molecule is Cc1sc(C(=O)NCc2ccccc2Cl)c2c1[C@@H]1[C@H](C2)C1(C)C. The summed E-state index contributed by atoms with van der Waals surface area (Å²) in [5.74, 6) is 1.44. The standard InChI is InChI=1S/C19H20ClNOS/c1-10-15-12(8-13-16(15)19(13,2)3)17(23-10)18(22)21-9-11-6-4-5-7-14(11)20/h4-7,13,16H,8-9H2,1-3H3,(H,21,22)/t13-,16-/m0/s1. The van der Waals surface area contributed by atoms with E-state index in [9.17, 15) is 4.79 Å². The summed E-state index contributed by atoms with van der Waals surface area (Å²) in [4.78, 5) is 14.9. The Balaban J connectivity index is 1.54. The number of hydrogen-bond acceptors (Lipinski definition) is 2. The van der Waals surface area contributed by atoms with E-state index in [0.717, 1.165) is 22.8 Å². The second-order valence-corrected chi connectivity index (χ2v) is 8.90. The molecule has 2 atom stereocenters. The zero-order valence-electron chi connectivity index (χ0n) is 13.6. The van der Waals surface area contributed by atoms with Gasteiger partial charge in [0.15, 0.2) is 0 Å². The third kappa shape index (κ3) is 2.25. The number of amides is 1. The molecule has 0 radical (unpaired) electrons. The van der Waals surface area contributed by atoms with Crippen LogP contribution in [0.1, 0.15) is 51.0 Å². The number of hydrogen-bond donors (Lipinski definition) is 1. The molecule has 2 nitrogen and oxygen atoms in total. The first-order valence-electron chi connectivity index (χ1n) is 8.05. The van der Waals surface area contributed by atoms with E-state index in [1.165, 1.54) is 16.0 Å². The maximum Gasteiger partial charge on any atom is 0.261 e. The van der Waals surface area contributed by atoms with Crippen LogP contribution in [0.4, 0.5) is 0 Å². The van der Waals surface area contributed by atoms with Crippen LogP contribution in [-0.2, 0) is 13.0 Å². The van der Waals surface area contributed by atoms with Gasteiger partial charge in [0.2, 0.25) is 0 Å². The molecule has 1 fully saturated rings. The molecule has 0 spiro atoms. The van der Waals surface area contributed by atoms with Gasteiger partial charge in [-0.3, -0.25) is 4.79 Å². The van der Waals surface area contributed by atoms with E-state index in [1.54, 1.807) is 11.3 Å². The van der Waals surface area contributed by atoms with Crippen LogP contribution in [0.5, 0.6) is 0 Å². The van der Waals surface area contributed by atoms with E-state index in [2.05, 4.69) is 26.1 Å². The third-order valence-corrected chi connectivity index (χ3v) is 7.15. The summed E-state index contributed by atoms with van der Waals surface area (Å²) in [6.45, 7) is 7.33. The smallest absolute Gasteiger partial charge is 0.261 e. The molecule has 0 saturated heterocycles. The Labute approximate surface area is 145 Å². The lowest BCUT2D eigenvalue weighted by Gasteiger charge is -2.10. The number of benzene rings is 1. The number of nitrogens with one attached hydrogen (secondary N) is 1. The van der Waals surface area contributed by atoms with Crippen LogP contribution < -0.4 is 5.32 Å². The average molecular weight is 346 g/mol. The Morgan fingerprint density at radius 1 is 1.39 bits per heavy atom. The monoisotopic (exact) mass is 345 g/mol. The van der Waals surface area contributed by atoms with Crippen molar-refractivity contribution in [3.63, 3.8) is 0 Å². The Kier molecular flexibility index (Phi) is 3.37. The van der Waals surface area contributed by atoms with Gasteiger partial charge in [-0.05, 0) is 53.4 Å². The molecule has 0 aliphatic heterocycles. The second-order valence-electron chi connectivity index (χ2n) is 7.26. The van der Waals surface area contributed by atoms with Gasteiger partial charge >= 0.3 is 0 Å². The van der Waals surface area contributed by atoms with Crippen molar-refractivity contribution in [1.29, 1.82) is 0 Å². The van der Waals surface area contributed by atoms with Gasteiger partial charge in [0.25, 0.3) is 5.91 Å². The molecule has 1 amide bonds. The molecule has 1 N–H and O–H groups in total. The Hall–Kier alpha value is -1.32. The molecule has 1 saturated carbocycles. The number of carbonyl (C=O) groups is 1. The zero-order chi connectivity index (χ0) is 16.4. The molecular weight excluding hydrogens is 326 g/mol. The molecule has 2 aliphatic rings. The fourth-order valence-electron chi connectivity index (χ4n) is 4.21. The topological polar surface area (TPSA) is 29.1 Å². The minimum atomic E-state index is 0.0402. The number of carbonyl (C=O) groups excluding carboxylic acids is 1. The van der Waals surface area contributed by atoms with Gasteiger partial charge in [0.1, 0.15) is 0 Å². The summed E-state index contributed by atoms with van der Waals surface area (Å²) in [6, 6.07) is 7.64. The summed E-state index contributed by atoms with van der Waals surface area (Å²) < 4.78 is 0. The summed E-state index contributed by atoms with van der Waals surface area (Å²) in [6.07, 6.45) is 1.06. The first kappa shape index (κ1) is 15.2. The van der Waals surface area contributed by atoms with E-state index in [-0.39, 0.29) is 5.91 Å². The van der Waals surface area contributed by atoms with Gasteiger partial charge in [0.05, 0.1) is 4.88 Å². The van der Waals surface area contributed by atoms with Crippen LogP contribution in [0, 0.1) is 18.3 Å². The van der Waals surface area contributed by atoms with Gasteiger partial charge in [-0.15, -0.1) is 11.3 Å². The number of rotatable bonds is 3. The van der Waals surface area contributed by atoms with Crippen LogP contribution >= 0.6 is 22.9 Å². The molecule has 23 heavy (non-hydrogen) atoms. The maximum absolute atomic E-state index is 12.6. The van der Waals surface area contributed by atoms with Crippen molar-refractivity contribution in [2.24, 2.45) is 11.3 Å². The largest absolute Gasteiger partial charge is 0.347 e. The predicted octanol–water partition coefficient (Wildman–Crippen LogP) is 4.94. The van der Waals surface area contributed by atoms with E-state index in [0.29, 0.717) is 22.9 Å². The van der Waals surface area contributed by atoms with Crippen molar-refractivity contribution in [2.45, 2.75) is 39.7 Å². The van der Waals surface area contributed by atoms with E-state index < -0.39 is 0 Å². The highest BCUT2D eigenvalue weighted by Gasteiger charge is 2.63. The lowest BCUT2D eigenvalue weighted by molar-refractivity contribution is 0.0954. The quantitative estimate of drug-likeness (QED) is 0.839. The third-order valence-electron chi connectivity index (χ3n) is 5.62. The minimum Gasteiger partial charge on any atom is -0.347 e. The molecule has 1 aromatic heterocycles. The van der Waals surface area contributed by atoms with Crippen LogP contribution in [0.15, 0.2) is 24.3 Å². The van der Waals surface area contributed by atoms with Crippen LogP contribution in [0.2, 0.25) is 5.02 Å². The Bertz CT molecular complexity index is 808. The summed E-state index contributed by atoms with van der Waals surface area (Å²) in [5.41, 5.74) is 4.15. The zero-order valence-corrected chi connectivity index (χ0v) is 15.1. The summed E-state index contributed by atoms with van der Waals surface area (Å²) in [7, 11) is 0. The normalized spacial score (nSPS) is 23.3. The average Bonchev–Trinajstić information content (AvgIpc) is 2.85. The highest BCUT2D eigenvalue weighted by Crippen LogP contribution is 2.71. The van der Waals surface area contributed by atoms with Gasteiger partial charge in [0, 0.05) is 16.4 Å². The van der Waals surface area contributed by atoms with Crippen molar-refractivity contribution in [3.8, 4) is 0 Å². The molecule has 0 unspecified atom stereocenters. The van der Waals surface area contributed by atoms with E-state index >= 15 is 0 Å². The minimum absolute atomic E-state index is 0.0402. The number of thiophene rings is 1. The van der Waals surface area contributed by atoms with Crippen molar-refractivity contribution in [2.75, 3.05) is 0 Å². The van der Waals surface area contributed by atoms with Crippen LogP contribution in [-0.4, -0.2) is 5.91 Å². The van der Waals surface area contributed by atoms with Gasteiger partial charge < -0.3 is 5.32 Å². The number of aryl methyl sites for hydroxylation is 1. The van der Waals surface area contributed by atoms with Gasteiger partial charge in [-0.1, -0.05) is 43.6 Å². The molecule has 4 heteroatoms.